The van der Waals surface area contributed by atoms with Crippen LogP contribution in [0, 0.1) is 0 Å². The molecule has 98 valence electrons. The van der Waals surface area contributed by atoms with Crippen LogP contribution in [0.5, 0.6) is 5.75 Å². The van der Waals surface area contributed by atoms with E-state index in [4.69, 9.17) is 10.5 Å². The SMILES string of the molecule is CN(C(=O)COc1ccccc1)c1ccncc1N. The molecule has 0 saturated heterocycles. The van der Waals surface area contributed by atoms with Crippen molar-refractivity contribution in [2.75, 3.05) is 24.3 Å². The highest BCUT2D eigenvalue weighted by Gasteiger charge is 2.13. The number of nitrogen functional groups attached to an aromatic ring is 1. The number of benzene rings is 1. The van der Waals surface area contributed by atoms with E-state index in [1.165, 1.54) is 11.1 Å². The first-order valence-electron chi connectivity index (χ1n) is 5.82. The fourth-order valence-electron chi connectivity index (χ4n) is 1.60. The van der Waals surface area contributed by atoms with Crippen LogP contribution in [0.25, 0.3) is 0 Å². The van der Waals surface area contributed by atoms with Crippen molar-refractivity contribution in [3.63, 3.8) is 0 Å². The van der Waals surface area contributed by atoms with Crippen LogP contribution in [-0.2, 0) is 4.79 Å². The Hall–Kier alpha value is -2.56. The van der Waals surface area contributed by atoms with Crippen LogP contribution in [-0.4, -0.2) is 24.5 Å². The summed E-state index contributed by atoms with van der Waals surface area (Å²) in [7, 11) is 1.66. The van der Waals surface area contributed by atoms with Crippen LogP contribution in [0.2, 0.25) is 0 Å². The van der Waals surface area contributed by atoms with Crippen LogP contribution >= 0.6 is 0 Å². The van der Waals surface area contributed by atoms with Gasteiger partial charge in [0.25, 0.3) is 5.91 Å². The minimum Gasteiger partial charge on any atom is -0.484 e. The fraction of sp³-hybridized carbons (Fsp3) is 0.143. The minimum absolute atomic E-state index is 0.0394. The summed E-state index contributed by atoms with van der Waals surface area (Å²) in [6.45, 7) is -0.0394. The van der Waals surface area contributed by atoms with Crippen LogP contribution < -0.4 is 15.4 Å². The van der Waals surface area contributed by atoms with E-state index < -0.39 is 0 Å². The topological polar surface area (TPSA) is 68.5 Å². The number of rotatable bonds is 4. The molecule has 5 nitrogen and oxygen atoms in total. The van der Waals surface area contributed by atoms with Crippen molar-refractivity contribution in [1.29, 1.82) is 0 Å². The van der Waals surface area contributed by atoms with Crippen LogP contribution in [0.15, 0.2) is 48.8 Å². The predicted octanol–water partition coefficient (Wildman–Crippen LogP) is 1.71. The lowest BCUT2D eigenvalue weighted by Crippen LogP contribution is -2.31. The molecule has 2 aromatic rings. The summed E-state index contributed by atoms with van der Waals surface area (Å²) < 4.78 is 5.40. The van der Waals surface area contributed by atoms with Crippen molar-refractivity contribution in [1.82, 2.24) is 4.98 Å². The van der Waals surface area contributed by atoms with Crippen molar-refractivity contribution < 1.29 is 9.53 Å². The number of para-hydroxylation sites is 1. The molecule has 2 N–H and O–H groups in total. The summed E-state index contributed by atoms with van der Waals surface area (Å²) in [4.78, 5) is 17.3. The zero-order chi connectivity index (χ0) is 13.7. The maximum absolute atomic E-state index is 12.0. The highest BCUT2D eigenvalue weighted by molar-refractivity contribution is 5.96. The number of nitrogens with zero attached hydrogens (tertiary/aromatic N) is 2. The molecule has 0 fully saturated rings. The molecule has 0 bridgehead atoms. The summed E-state index contributed by atoms with van der Waals surface area (Å²) >= 11 is 0. The number of nitrogens with two attached hydrogens (primary N) is 1. The molecule has 0 spiro atoms. The van der Waals surface area contributed by atoms with Crippen molar-refractivity contribution in [3.05, 3.63) is 48.8 Å². The lowest BCUT2D eigenvalue weighted by Gasteiger charge is -2.18. The van der Waals surface area contributed by atoms with Gasteiger partial charge in [-0.2, -0.15) is 0 Å². The van der Waals surface area contributed by atoms with Crippen molar-refractivity contribution >= 4 is 17.3 Å². The Morgan fingerprint density at radius 1 is 1.32 bits per heavy atom. The van der Waals surface area contributed by atoms with Gasteiger partial charge in [-0.05, 0) is 18.2 Å². The molecule has 2 rings (SSSR count). The van der Waals surface area contributed by atoms with Crippen LogP contribution in [0.4, 0.5) is 11.4 Å². The van der Waals surface area contributed by atoms with Crippen molar-refractivity contribution in [2.45, 2.75) is 0 Å². The second kappa shape index (κ2) is 5.86. The fourth-order valence-corrected chi connectivity index (χ4v) is 1.60. The molecule has 0 unspecified atom stereocenters. The van der Waals surface area contributed by atoms with Gasteiger partial charge in [-0.15, -0.1) is 0 Å². The molecule has 5 heteroatoms. The number of hydrogen-bond acceptors (Lipinski definition) is 4. The number of amides is 1. The normalized spacial score (nSPS) is 9.95. The molecule has 1 heterocycles. The van der Waals surface area contributed by atoms with Gasteiger partial charge >= 0.3 is 0 Å². The molecule has 0 aliphatic rings. The summed E-state index contributed by atoms with van der Waals surface area (Å²) in [6.07, 6.45) is 3.10. The number of anilines is 2. The van der Waals surface area contributed by atoms with Gasteiger partial charge in [-0.1, -0.05) is 18.2 Å². The number of likely N-dealkylation sites (N-methyl/N-ethyl adjacent to an activating group) is 1. The molecule has 0 radical (unpaired) electrons. The third kappa shape index (κ3) is 3.22. The second-order valence-corrected chi connectivity index (χ2v) is 3.99. The maximum Gasteiger partial charge on any atom is 0.264 e. The molecule has 1 aromatic carbocycles. The van der Waals surface area contributed by atoms with Gasteiger partial charge < -0.3 is 15.4 Å². The van der Waals surface area contributed by atoms with E-state index in [2.05, 4.69) is 4.98 Å². The van der Waals surface area contributed by atoms with E-state index in [0.29, 0.717) is 17.1 Å². The smallest absolute Gasteiger partial charge is 0.264 e. The number of pyridine rings is 1. The van der Waals surface area contributed by atoms with Gasteiger partial charge in [-0.3, -0.25) is 9.78 Å². The lowest BCUT2D eigenvalue weighted by atomic mass is 10.3. The van der Waals surface area contributed by atoms with Crippen molar-refractivity contribution in [2.24, 2.45) is 0 Å². The third-order valence-electron chi connectivity index (χ3n) is 2.67. The van der Waals surface area contributed by atoms with Gasteiger partial charge in [0.05, 0.1) is 17.6 Å². The standard InChI is InChI=1S/C14H15N3O2/c1-17(13-7-8-16-9-12(13)15)14(18)10-19-11-5-3-2-4-6-11/h2-9H,10,15H2,1H3. The molecular formula is C14H15N3O2. The van der Waals surface area contributed by atoms with Gasteiger partial charge in [0.1, 0.15) is 5.75 Å². The Morgan fingerprint density at radius 2 is 2.05 bits per heavy atom. The van der Waals surface area contributed by atoms with E-state index in [1.54, 1.807) is 31.4 Å². The lowest BCUT2D eigenvalue weighted by molar-refractivity contribution is -0.120. The summed E-state index contributed by atoms with van der Waals surface area (Å²) in [5, 5.41) is 0. The molecule has 0 aliphatic carbocycles. The predicted molar refractivity (Wildman–Crippen MR) is 74.0 cm³/mol. The summed E-state index contributed by atoms with van der Waals surface area (Å²) in [6, 6.07) is 10.9. The first kappa shape index (κ1) is 12.9. The van der Waals surface area contributed by atoms with E-state index in [-0.39, 0.29) is 12.5 Å². The number of carbonyl (C=O) groups is 1. The largest absolute Gasteiger partial charge is 0.484 e. The zero-order valence-electron chi connectivity index (χ0n) is 10.6. The second-order valence-electron chi connectivity index (χ2n) is 3.99. The minimum atomic E-state index is -0.179. The molecule has 1 aromatic heterocycles. The molecule has 1 amide bonds. The van der Waals surface area contributed by atoms with E-state index >= 15 is 0 Å². The highest BCUT2D eigenvalue weighted by Crippen LogP contribution is 2.20. The Morgan fingerprint density at radius 3 is 2.74 bits per heavy atom. The monoisotopic (exact) mass is 257 g/mol. The van der Waals surface area contributed by atoms with Gasteiger partial charge in [0, 0.05) is 13.2 Å². The van der Waals surface area contributed by atoms with E-state index in [9.17, 15) is 4.79 Å². The number of aromatic nitrogens is 1. The average Bonchev–Trinajstić information content (AvgIpc) is 2.45. The number of carbonyl (C=O) groups excluding carboxylic acids is 1. The molecule has 0 atom stereocenters. The molecule has 19 heavy (non-hydrogen) atoms. The first-order chi connectivity index (χ1) is 9.18. The van der Waals surface area contributed by atoms with Crippen molar-refractivity contribution in [3.8, 4) is 5.75 Å². The maximum atomic E-state index is 12.0. The number of ether oxygens (including phenoxy) is 1. The average molecular weight is 257 g/mol. The Labute approximate surface area is 111 Å². The summed E-state index contributed by atoms with van der Waals surface area (Å²) in [5.74, 6) is 0.480. The highest BCUT2D eigenvalue weighted by atomic mass is 16.5. The van der Waals surface area contributed by atoms with Gasteiger partial charge in [0.15, 0.2) is 6.61 Å². The molecule has 0 aliphatic heterocycles. The quantitative estimate of drug-likeness (QED) is 0.905. The molecular weight excluding hydrogens is 242 g/mol. The zero-order valence-corrected chi connectivity index (χ0v) is 10.6. The van der Waals surface area contributed by atoms with Crippen LogP contribution in [0.3, 0.4) is 0 Å². The molecule has 0 saturated carbocycles. The Kier molecular flexibility index (Phi) is 3.97. The Balaban J connectivity index is 1.99. The van der Waals surface area contributed by atoms with Gasteiger partial charge in [-0.25, -0.2) is 0 Å². The number of hydrogen-bond donors (Lipinski definition) is 1. The third-order valence-corrected chi connectivity index (χ3v) is 2.67. The van der Waals surface area contributed by atoms with E-state index in [0.717, 1.165) is 0 Å². The van der Waals surface area contributed by atoms with Gasteiger partial charge in [0.2, 0.25) is 0 Å². The summed E-state index contributed by atoms with van der Waals surface area (Å²) in [5.41, 5.74) is 6.85. The first-order valence-corrected chi connectivity index (χ1v) is 5.82. The Bertz CT molecular complexity index is 558. The van der Waals surface area contributed by atoms with Crippen LogP contribution in [0.1, 0.15) is 0 Å². The van der Waals surface area contributed by atoms with E-state index in [1.807, 2.05) is 18.2 Å².